The molecule has 0 aliphatic carbocycles. The maximum Gasteiger partial charge on any atom is 0.301 e. The van der Waals surface area contributed by atoms with Crippen LogP contribution in [0.25, 0.3) is 16.0 Å². The van der Waals surface area contributed by atoms with E-state index in [2.05, 4.69) is 4.98 Å². The molecular formula is C25H16FN3O5S. The first-order chi connectivity index (χ1) is 16.7. The van der Waals surface area contributed by atoms with Crippen LogP contribution in [0.15, 0.2) is 72.3 Å². The first-order valence-electron chi connectivity index (χ1n) is 10.4. The number of carbonyl (C=O) groups is 2. The van der Waals surface area contributed by atoms with E-state index in [0.717, 1.165) is 22.4 Å². The van der Waals surface area contributed by atoms with E-state index < -0.39 is 34.2 Å². The van der Waals surface area contributed by atoms with Crippen molar-refractivity contribution in [2.45, 2.75) is 13.0 Å². The maximum absolute atomic E-state index is 13.4. The zero-order chi connectivity index (χ0) is 24.9. The predicted octanol–water partition coefficient (Wildman–Crippen LogP) is 5.28. The lowest BCUT2D eigenvalue weighted by atomic mass is 9.95. The van der Waals surface area contributed by atoms with E-state index in [0.29, 0.717) is 11.1 Å². The van der Waals surface area contributed by atoms with Gasteiger partial charge in [-0.1, -0.05) is 17.4 Å². The van der Waals surface area contributed by atoms with Crippen molar-refractivity contribution in [3.63, 3.8) is 0 Å². The van der Waals surface area contributed by atoms with Crippen LogP contribution in [0.4, 0.5) is 15.2 Å². The molecule has 0 spiro atoms. The highest BCUT2D eigenvalue weighted by molar-refractivity contribution is 7.22. The van der Waals surface area contributed by atoms with Crippen LogP contribution in [0.3, 0.4) is 0 Å². The van der Waals surface area contributed by atoms with Gasteiger partial charge in [0, 0.05) is 17.7 Å². The molecule has 1 aliphatic heterocycles. The zero-order valence-corrected chi connectivity index (χ0v) is 19.0. The summed E-state index contributed by atoms with van der Waals surface area (Å²) in [6.45, 7) is 1.92. The summed E-state index contributed by atoms with van der Waals surface area (Å²) in [7, 11) is 0. The van der Waals surface area contributed by atoms with E-state index in [1.54, 1.807) is 6.07 Å². The molecule has 1 N–H and O–H groups in total. The van der Waals surface area contributed by atoms with Crippen LogP contribution in [0.1, 0.15) is 22.7 Å². The third kappa shape index (κ3) is 3.83. The van der Waals surface area contributed by atoms with Crippen molar-refractivity contribution in [3.05, 3.63) is 105 Å². The molecule has 1 aliphatic rings. The molecule has 35 heavy (non-hydrogen) atoms. The summed E-state index contributed by atoms with van der Waals surface area (Å²) in [6, 6.07) is 14.7. The van der Waals surface area contributed by atoms with E-state index in [-0.39, 0.29) is 22.0 Å². The lowest BCUT2D eigenvalue weighted by Gasteiger charge is -2.22. The standard InChI is InChI=1S/C25H16FN3O5S/c1-13-2-11-18-19(12-13)35-25(27-18)28-21(14-5-9-17(10-6-14)29(33)34)20(23(31)24(28)32)22(30)15-3-7-16(26)8-4-15/h2-12,21,30H,1H3/t21-/m1/s1. The molecule has 1 aromatic heterocycles. The zero-order valence-electron chi connectivity index (χ0n) is 18.1. The molecule has 0 bridgehead atoms. The molecule has 10 heteroatoms. The minimum Gasteiger partial charge on any atom is -0.507 e. The Balaban J connectivity index is 1.72. The summed E-state index contributed by atoms with van der Waals surface area (Å²) in [4.78, 5) is 42.7. The molecule has 3 aromatic carbocycles. The number of rotatable bonds is 4. The average Bonchev–Trinajstić information content (AvgIpc) is 3.37. The molecule has 0 radical (unpaired) electrons. The predicted molar refractivity (Wildman–Crippen MR) is 129 cm³/mol. The van der Waals surface area contributed by atoms with Gasteiger partial charge in [0.25, 0.3) is 11.5 Å². The molecular weight excluding hydrogens is 473 g/mol. The molecule has 8 nitrogen and oxygen atoms in total. The van der Waals surface area contributed by atoms with E-state index in [1.165, 1.54) is 52.6 Å². The summed E-state index contributed by atoms with van der Waals surface area (Å²) < 4.78 is 14.2. The molecule has 174 valence electrons. The number of thiazole rings is 1. The molecule has 1 amide bonds. The van der Waals surface area contributed by atoms with Gasteiger partial charge in [-0.3, -0.25) is 24.6 Å². The van der Waals surface area contributed by atoms with Crippen molar-refractivity contribution >= 4 is 49.8 Å². The van der Waals surface area contributed by atoms with Gasteiger partial charge < -0.3 is 5.11 Å². The van der Waals surface area contributed by atoms with Crippen LogP contribution in [-0.4, -0.2) is 26.7 Å². The number of hydrogen-bond acceptors (Lipinski definition) is 7. The third-order valence-electron chi connectivity index (χ3n) is 5.72. The van der Waals surface area contributed by atoms with Crippen molar-refractivity contribution in [1.29, 1.82) is 0 Å². The Bertz CT molecular complexity index is 1540. The molecule has 0 unspecified atom stereocenters. The molecule has 1 saturated heterocycles. The number of aryl methyl sites for hydroxylation is 1. The van der Waals surface area contributed by atoms with Gasteiger partial charge in [0.1, 0.15) is 11.6 Å². The largest absolute Gasteiger partial charge is 0.507 e. The normalized spacial score (nSPS) is 17.3. The number of benzene rings is 3. The first-order valence-corrected chi connectivity index (χ1v) is 11.2. The van der Waals surface area contributed by atoms with E-state index in [9.17, 15) is 29.2 Å². The SMILES string of the molecule is Cc1ccc2nc(N3C(=O)C(=O)C(=C(O)c4ccc(F)cc4)[C@H]3c3ccc([N+](=O)[O-])cc3)sc2c1. The fourth-order valence-electron chi connectivity index (χ4n) is 4.01. The quantitative estimate of drug-likeness (QED) is 0.137. The number of nitro benzene ring substituents is 1. The molecule has 2 heterocycles. The van der Waals surface area contributed by atoms with Gasteiger partial charge in [-0.25, -0.2) is 9.37 Å². The van der Waals surface area contributed by atoms with Crippen LogP contribution >= 0.6 is 11.3 Å². The summed E-state index contributed by atoms with van der Waals surface area (Å²) in [5.41, 5.74) is 1.77. The number of nitro groups is 1. The number of non-ortho nitro benzene ring substituents is 1. The number of Topliss-reactive ketones (excluding diaryl/α,β-unsaturated/α-hetero) is 1. The number of nitrogens with zero attached hydrogens (tertiary/aromatic N) is 3. The van der Waals surface area contributed by atoms with Crippen molar-refractivity contribution in [1.82, 2.24) is 4.98 Å². The Kier molecular flexibility index (Phi) is 5.37. The van der Waals surface area contributed by atoms with Gasteiger partial charge in [0.15, 0.2) is 5.13 Å². The topological polar surface area (TPSA) is 114 Å². The Hall–Kier alpha value is -4.44. The number of ketones is 1. The summed E-state index contributed by atoms with van der Waals surface area (Å²) in [5.74, 6) is -2.84. The number of halogens is 1. The van der Waals surface area contributed by atoms with Gasteiger partial charge in [-0.05, 0) is 66.6 Å². The summed E-state index contributed by atoms with van der Waals surface area (Å²) >= 11 is 1.21. The average molecular weight is 489 g/mol. The van der Waals surface area contributed by atoms with Gasteiger partial charge in [0.2, 0.25) is 0 Å². The number of aromatic nitrogens is 1. The Morgan fingerprint density at radius 3 is 2.43 bits per heavy atom. The van der Waals surface area contributed by atoms with Crippen molar-refractivity contribution in [2.24, 2.45) is 0 Å². The second kappa shape index (κ2) is 8.41. The number of amides is 1. The highest BCUT2D eigenvalue weighted by Crippen LogP contribution is 2.44. The van der Waals surface area contributed by atoms with Crippen molar-refractivity contribution < 1.29 is 24.0 Å². The monoisotopic (exact) mass is 489 g/mol. The first kappa shape index (κ1) is 22.4. The Morgan fingerprint density at radius 2 is 1.77 bits per heavy atom. The van der Waals surface area contributed by atoms with Crippen LogP contribution in [0, 0.1) is 22.9 Å². The maximum atomic E-state index is 13.4. The fraction of sp³-hybridized carbons (Fsp3) is 0.0800. The van der Waals surface area contributed by atoms with Gasteiger partial charge in [-0.15, -0.1) is 0 Å². The summed E-state index contributed by atoms with van der Waals surface area (Å²) in [6.07, 6.45) is 0. The van der Waals surface area contributed by atoms with Crippen LogP contribution in [0.2, 0.25) is 0 Å². The van der Waals surface area contributed by atoms with Crippen molar-refractivity contribution in [3.8, 4) is 0 Å². The second-order valence-corrected chi connectivity index (χ2v) is 9.00. The minimum atomic E-state index is -1.09. The molecule has 0 saturated carbocycles. The molecule has 1 atom stereocenters. The number of anilines is 1. The fourth-order valence-corrected chi connectivity index (χ4v) is 5.10. The number of aliphatic hydroxyl groups is 1. The van der Waals surface area contributed by atoms with Crippen molar-refractivity contribution in [2.75, 3.05) is 4.90 Å². The number of fused-ring (bicyclic) bond motifs is 1. The van der Waals surface area contributed by atoms with Crippen LogP contribution in [0.5, 0.6) is 0 Å². The van der Waals surface area contributed by atoms with Gasteiger partial charge >= 0.3 is 5.91 Å². The van der Waals surface area contributed by atoms with Crippen LogP contribution < -0.4 is 4.90 Å². The smallest absolute Gasteiger partial charge is 0.301 e. The van der Waals surface area contributed by atoms with E-state index >= 15 is 0 Å². The van der Waals surface area contributed by atoms with Gasteiger partial charge in [0.05, 0.1) is 26.8 Å². The highest BCUT2D eigenvalue weighted by atomic mass is 32.1. The molecule has 1 fully saturated rings. The third-order valence-corrected chi connectivity index (χ3v) is 6.74. The lowest BCUT2D eigenvalue weighted by molar-refractivity contribution is -0.384. The molecule has 5 rings (SSSR count). The highest BCUT2D eigenvalue weighted by Gasteiger charge is 2.48. The Morgan fingerprint density at radius 1 is 1.09 bits per heavy atom. The van der Waals surface area contributed by atoms with E-state index in [1.807, 2.05) is 19.1 Å². The summed E-state index contributed by atoms with van der Waals surface area (Å²) in [5, 5.41) is 22.4. The second-order valence-electron chi connectivity index (χ2n) is 7.99. The van der Waals surface area contributed by atoms with E-state index in [4.69, 9.17) is 0 Å². The number of hydrogen-bond donors (Lipinski definition) is 1. The van der Waals surface area contributed by atoms with Gasteiger partial charge in [-0.2, -0.15) is 0 Å². The number of aliphatic hydroxyl groups excluding tert-OH is 1. The molecule has 4 aromatic rings. The minimum absolute atomic E-state index is 0.149. The lowest BCUT2D eigenvalue weighted by Crippen LogP contribution is -2.29. The van der Waals surface area contributed by atoms with Crippen LogP contribution in [-0.2, 0) is 9.59 Å². The number of carbonyl (C=O) groups excluding carboxylic acids is 2. The Labute approximate surface area is 201 Å².